The van der Waals surface area contributed by atoms with Gasteiger partial charge in [0.2, 0.25) is 5.91 Å². The van der Waals surface area contributed by atoms with Crippen molar-refractivity contribution in [2.45, 2.75) is 25.2 Å². The van der Waals surface area contributed by atoms with Gasteiger partial charge in [-0.3, -0.25) is 4.79 Å². The van der Waals surface area contributed by atoms with E-state index in [2.05, 4.69) is 19.1 Å². The summed E-state index contributed by atoms with van der Waals surface area (Å²) < 4.78 is 5.19. The van der Waals surface area contributed by atoms with Crippen LogP contribution in [0, 0.1) is 0 Å². The lowest BCUT2D eigenvalue weighted by Crippen LogP contribution is -2.37. The molecule has 0 unspecified atom stereocenters. The highest BCUT2D eigenvalue weighted by atomic mass is 16.5. The molecule has 2 aromatic rings. The summed E-state index contributed by atoms with van der Waals surface area (Å²) in [6.45, 7) is 2.86. The van der Waals surface area contributed by atoms with Crippen molar-refractivity contribution in [3.63, 3.8) is 0 Å². The Morgan fingerprint density at radius 2 is 1.77 bits per heavy atom. The molecule has 1 heterocycles. The molecule has 3 heteroatoms. The molecule has 1 amide bonds. The van der Waals surface area contributed by atoms with Gasteiger partial charge in [0, 0.05) is 12.2 Å². The second-order valence-corrected chi connectivity index (χ2v) is 5.71. The SMILES string of the molecule is CC[C@@]1(c2ccccc2)CCN(c2ccc(OC)cc2)C1=O. The lowest BCUT2D eigenvalue weighted by molar-refractivity contribution is -0.122. The van der Waals surface area contributed by atoms with Gasteiger partial charge in [-0.05, 0) is 42.7 Å². The standard InChI is InChI=1S/C19H21NO2/c1-3-19(15-7-5-4-6-8-15)13-14-20(18(19)21)16-9-11-17(22-2)12-10-16/h4-12H,3,13-14H2,1-2H3/t19-/m0/s1. The molecule has 2 aromatic carbocycles. The third-order valence-corrected chi connectivity index (χ3v) is 4.73. The van der Waals surface area contributed by atoms with E-state index in [1.54, 1.807) is 7.11 Å². The van der Waals surface area contributed by atoms with Gasteiger partial charge in [0.05, 0.1) is 12.5 Å². The molecule has 3 nitrogen and oxygen atoms in total. The highest BCUT2D eigenvalue weighted by molar-refractivity contribution is 6.03. The summed E-state index contributed by atoms with van der Waals surface area (Å²) in [5.41, 5.74) is 1.68. The van der Waals surface area contributed by atoms with Crippen molar-refractivity contribution in [2.75, 3.05) is 18.6 Å². The summed E-state index contributed by atoms with van der Waals surface area (Å²) in [5.74, 6) is 1.01. The molecule has 114 valence electrons. The van der Waals surface area contributed by atoms with Crippen LogP contribution < -0.4 is 9.64 Å². The lowest BCUT2D eigenvalue weighted by atomic mass is 9.77. The van der Waals surface area contributed by atoms with Gasteiger partial charge in [-0.2, -0.15) is 0 Å². The number of amides is 1. The zero-order valence-electron chi connectivity index (χ0n) is 13.1. The molecule has 0 aromatic heterocycles. The van der Waals surface area contributed by atoms with Crippen molar-refractivity contribution in [3.8, 4) is 5.75 Å². The van der Waals surface area contributed by atoms with E-state index in [0.29, 0.717) is 0 Å². The minimum absolute atomic E-state index is 0.200. The van der Waals surface area contributed by atoms with Crippen LogP contribution in [0.15, 0.2) is 54.6 Å². The topological polar surface area (TPSA) is 29.5 Å². The van der Waals surface area contributed by atoms with Gasteiger partial charge in [0.1, 0.15) is 5.75 Å². The molecule has 0 radical (unpaired) electrons. The molecule has 0 bridgehead atoms. The maximum absolute atomic E-state index is 13.1. The minimum atomic E-state index is -0.388. The number of carbonyl (C=O) groups excluding carboxylic acids is 1. The first-order valence-corrected chi connectivity index (χ1v) is 7.73. The average molecular weight is 295 g/mol. The zero-order valence-corrected chi connectivity index (χ0v) is 13.1. The summed E-state index contributed by atoms with van der Waals surface area (Å²) in [6, 6.07) is 17.9. The third kappa shape index (κ3) is 2.27. The first-order chi connectivity index (χ1) is 10.7. The fourth-order valence-corrected chi connectivity index (χ4v) is 3.34. The summed E-state index contributed by atoms with van der Waals surface area (Å²) in [7, 11) is 1.65. The van der Waals surface area contributed by atoms with Crippen LogP contribution in [0.25, 0.3) is 0 Å². The van der Waals surface area contributed by atoms with Crippen LogP contribution in [0.3, 0.4) is 0 Å². The minimum Gasteiger partial charge on any atom is -0.497 e. The Bertz CT molecular complexity index is 651. The monoisotopic (exact) mass is 295 g/mol. The molecule has 0 aliphatic carbocycles. The second kappa shape index (κ2) is 5.84. The van der Waals surface area contributed by atoms with Crippen LogP contribution in [0.2, 0.25) is 0 Å². The van der Waals surface area contributed by atoms with Gasteiger partial charge in [-0.1, -0.05) is 37.3 Å². The number of hydrogen-bond donors (Lipinski definition) is 0. The van der Waals surface area contributed by atoms with Crippen LogP contribution in [0.5, 0.6) is 5.75 Å². The molecule has 3 rings (SSSR count). The quantitative estimate of drug-likeness (QED) is 0.859. The van der Waals surface area contributed by atoms with E-state index < -0.39 is 0 Å². The summed E-state index contributed by atoms with van der Waals surface area (Å²) in [4.78, 5) is 15.0. The number of benzene rings is 2. The van der Waals surface area contributed by atoms with Gasteiger partial charge in [-0.25, -0.2) is 0 Å². The third-order valence-electron chi connectivity index (χ3n) is 4.73. The largest absolute Gasteiger partial charge is 0.497 e. The molecular formula is C19H21NO2. The Labute approximate surface area is 131 Å². The van der Waals surface area contributed by atoms with E-state index in [4.69, 9.17) is 4.74 Å². The molecule has 0 saturated carbocycles. The number of methoxy groups -OCH3 is 1. The van der Waals surface area contributed by atoms with Crippen molar-refractivity contribution in [3.05, 3.63) is 60.2 Å². The molecule has 1 atom stereocenters. The van der Waals surface area contributed by atoms with Crippen molar-refractivity contribution < 1.29 is 9.53 Å². The number of nitrogens with zero attached hydrogens (tertiary/aromatic N) is 1. The Kier molecular flexibility index (Phi) is 3.88. The van der Waals surface area contributed by atoms with Gasteiger partial charge in [-0.15, -0.1) is 0 Å². The summed E-state index contributed by atoms with van der Waals surface area (Å²) in [5, 5.41) is 0. The molecule has 1 aliphatic heterocycles. The van der Waals surface area contributed by atoms with Crippen LogP contribution in [0.4, 0.5) is 5.69 Å². The first kappa shape index (κ1) is 14.6. The smallest absolute Gasteiger partial charge is 0.237 e. The molecule has 0 spiro atoms. The van der Waals surface area contributed by atoms with Crippen molar-refractivity contribution in [1.82, 2.24) is 0 Å². The van der Waals surface area contributed by atoms with Crippen LogP contribution in [-0.2, 0) is 10.2 Å². The Morgan fingerprint density at radius 1 is 1.09 bits per heavy atom. The molecule has 1 fully saturated rings. The lowest BCUT2D eigenvalue weighted by Gasteiger charge is -2.27. The predicted molar refractivity (Wildman–Crippen MR) is 88.4 cm³/mol. The van der Waals surface area contributed by atoms with Gasteiger partial charge in [0.15, 0.2) is 0 Å². The average Bonchev–Trinajstić information content (AvgIpc) is 2.93. The van der Waals surface area contributed by atoms with Crippen molar-refractivity contribution in [1.29, 1.82) is 0 Å². The van der Waals surface area contributed by atoms with Crippen molar-refractivity contribution in [2.24, 2.45) is 0 Å². The number of anilines is 1. The number of rotatable bonds is 4. The van der Waals surface area contributed by atoms with Crippen LogP contribution in [-0.4, -0.2) is 19.6 Å². The van der Waals surface area contributed by atoms with Gasteiger partial charge >= 0.3 is 0 Å². The van der Waals surface area contributed by atoms with E-state index >= 15 is 0 Å². The van der Waals surface area contributed by atoms with Crippen LogP contribution in [0.1, 0.15) is 25.3 Å². The molecule has 0 N–H and O–H groups in total. The Balaban J connectivity index is 1.93. The number of carbonyl (C=O) groups is 1. The van der Waals surface area contributed by atoms with Gasteiger partial charge < -0.3 is 9.64 Å². The van der Waals surface area contributed by atoms with Gasteiger partial charge in [0.25, 0.3) is 0 Å². The Morgan fingerprint density at radius 3 is 2.36 bits per heavy atom. The van der Waals surface area contributed by atoms with E-state index in [0.717, 1.165) is 36.4 Å². The second-order valence-electron chi connectivity index (χ2n) is 5.71. The Hall–Kier alpha value is -2.29. The molecule has 22 heavy (non-hydrogen) atoms. The molecular weight excluding hydrogens is 274 g/mol. The number of hydrogen-bond acceptors (Lipinski definition) is 2. The zero-order chi connectivity index (χ0) is 15.6. The summed E-state index contributed by atoms with van der Waals surface area (Å²) >= 11 is 0. The molecule has 1 aliphatic rings. The van der Waals surface area contributed by atoms with Crippen LogP contribution >= 0.6 is 0 Å². The molecule has 1 saturated heterocycles. The van der Waals surface area contributed by atoms with E-state index in [9.17, 15) is 4.79 Å². The fraction of sp³-hybridized carbons (Fsp3) is 0.316. The normalized spacial score (nSPS) is 21.2. The van der Waals surface area contributed by atoms with E-state index in [1.165, 1.54) is 0 Å². The predicted octanol–water partition coefficient (Wildman–Crippen LogP) is 3.78. The van der Waals surface area contributed by atoms with Crippen molar-refractivity contribution >= 4 is 11.6 Å². The highest BCUT2D eigenvalue weighted by Gasteiger charge is 2.46. The fourth-order valence-electron chi connectivity index (χ4n) is 3.34. The van der Waals surface area contributed by atoms with E-state index in [1.807, 2.05) is 47.4 Å². The number of ether oxygens (including phenoxy) is 1. The van der Waals surface area contributed by atoms with E-state index in [-0.39, 0.29) is 11.3 Å². The first-order valence-electron chi connectivity index (χ1n) is 7.73. The highest BCUT2D eigenvalue weighted by Crippen LogP contribution is 2.40. The summed E-state index contributed by atoms with van der Waals surface area (Å²) in [6.07, 6.45) is 1.68. The maximum Gasteiger partial charge on any atom is 0.237 e. The maximum atomic E-state index is 13.1.